The number of hydrazone groups is 1. The van der Waals surface area contributed by atoms with Crippen molar-refractivity contribution in [1.29, 1.82) is 0 Å². The molecule has 166 valence electrons. The van der Waals surface area contributed by atoms with Crippen LogP contribution >= 0.6 is 34.2 Å². The maximum Gasteiger partial charge on any atom is 0.259 e. The molecule has 0 saturated carbocycles. The summed E-state index contributed by atoms with van der Waals surface area (Å²) in [6.07, 6.45) is 1.57. The first-order valence-corrected chi connectivity index (χ1v) is 11.5. The highest BCUT2D eigenvalue weighted by molar-refractivity contribution is 14.1. The molecule has 8 heteroatoms. The summed E-state index contributed by atoms with van der Waals surface area (Å²) in [6, 6.07) is 20.8. The number of hydrogen-bond donors (Lipinski definition) is 2. The first kappa shape index (κ1) is 23.9. The van der Waals surface area contributed by atoms with E-state index in [1.807, 2.05) is 73.7 Å². The number of nitrogens with one attached hydrogen (secondary N) is 2. The summed E-state index contributed by atoms with van der Waals surface area (Å²) in [4.78, 5) is 12.0. The smallest absolute Gasteiger partial charge is 0.259 e. The predicted octanol–water partition coefficient (Wildman–Crippen LogP) is 5.48. The SMILES string of the molecule is CCOc1cc(/C=N\NC(=O)CNc2ccccc2)cc(I)c1OCc1ccccc1Cl. The maximum atomic E-state index is 12.0. The molecule has 0 fully saturated rings. The van der Waals surface area contributed by atoms with Crippen molar-refractivity contribution in [2.45, 2.75) is 13.5 Å². The molecule has 0 radical (unpaired) electrons. The number of carbonyl (C=O) groups is 1. The average Bonchev–Trinajstić information content (AvgIpc) is 2.79. The fraction of sp³-hybridized carbons (Fsp3) is 0.167. The van der Waals surface area contributed by atoms with Gasteiger partial charge in [-0.2, -0.15) is 5.10 Å². The number of benzene rings is 3. The zero-order valence-corrected chi connectivity index (χ0v) is 20.4. The molecule has 6 nitrogen and oxygen atoms in total. The standard InChI is InChI=1S/C24H23ClIN3O3/c1-2-31-22-13-17(14-28-29-23(30)15-27-19-9-4-3-5-10-19)12-21(26)24(22)32-16-18-8-6-7-11-20(18)25/h3-14,27H,2,15-16H2,1H3,(H,29,30)/b28-14-. The third-order valence-corrected chi connectivity index (χ3v) is 5.46. The number of amides is 1. The number of hydrogen-bond acceptors (Lipinski definition) is 5. The van der Waals surface area contributed by atoms with Gasteiger partial charge in [0.15, 0.2) is 11.5 Å². The molecule has 0 atom stereocenters. The molecule has 3 aromatic rings. The van der Waals surface area contributed by atoms with E-state index in [4.69, 9.17) is 21.1 Å². The number of anilines is 1. The number of rotatable bonds is 10. The van der Waals surface area contributed by atoms with Crippen molar-refractivity contribution >= 4 is 52.0 Å². The van der Waals surface area contributed by atoms with E-state index < -0.39 is 0 Å². The van der Waals surface area contributed by atoms with Crippen LogP contribution in [0.1, 0.15) is 18.1 Å². The lowest BCUT2D eigenvalue weighted by molar-refractivity contribution is -0.119. The molecule has 3 aromatic carbocycles. The fourth-order valence-electron chi connectivity index (χ4n) is 2.79. The van der Waals surface area contributed by atoms with Gasteiger partial charge in [-0.05, 0) is 65.4 Å². The van der Waals surface area contributed by atoms with Gasteiger partial charge in [0.05, 0.1) is 22.9 Å². The Bertz CT molecular complexity index is 1080. The van der Waals surface area contributed by atoms with E-state index in [1.165, 1.54) is 0 Å². The number of halogens is 2. The van der Waals surface area contributed by atoms with Crippen LogP contribution in [-0.2, 0) is 11.4 Å². The van der Waals surface area contributed by atoms with Crippen LogP contribution < -0.4 is 20.2 Å². The van der Waals surface area contributed by atoms with Gasteiger partial charge in [-0.25, -0.2) is 5.43 Å². The Morgan fingerprint density at radius 2 is 1.84 bits per heavy atom. The highest BCUT2D eigenvalue weighted by Crippen LogP contribution is 2.35. The summed E-state index contributed by atoms with van der Waals surface area (Å²) in [5.74, 6) is 0.995. The van der Waals surface area contributed by atoms with Gasteiger partial charge in [0, 0.05) is 16.3 Å². The van der Waals surface area contributed by atoms with E-state index in [9.17, 15) is 4.79 Å². The minimum absolute atomic E-state index is 0.123. The van der Waals surface area contributed by atoms with Crippen molar-refractivity contribution in [3.63, 3.8) is 0 Å². The second-order valence-electron chi connectivity index (χ2n) is 6.66. The van der Waals surface area contributed by atoms with Crippen molar-refractivity contribution in [3.8, 4) is 11.5 Å². The van der Waals surface area contributed by atoms with Gasteiger partial charge < -0.3 is 14.8 Å². The van der Waals surface area contributed by atoms with Gasteiger partial charge >= 0.3 is 0 Å². The summed E-state index contributed by atoms with van der Waals surface area (Å²) < 4.78 is 12.7. The Morgan fingerprint density at radius 3 is 2.59 bits per heavy atom. The summed E-state index contributed by atoms with van der Waals surface area (Å²) in [5, 5.41) is 7.74. The summed E-state index contributed by atoms with van der Waals surface area (Å²) >= 11 is 8.42. The highest BCUT2D eigenvalue weighted by atomic mass is 127. The van der Waals surface area contributed by atoms with Crippen LogP contribution in [0.4, 0.5) is 5.69 Å². The number of nitrogens with zero attached hydrogens (tertiary/aromatic N) is 1. The third kappa shape index (κ3) is 7.13. The van der Waals surface area contributed by atoms with Crippen molar-refractivity contribution in [3.05, 3.63) is 86.4 Å². The van der Waals surface area contributed by atoms with E-state index in [0.29, 0.717) is 29.7 Å². The van der Waals surface area contributed by atoms with Crippen LogP contribution in [0.2, 0.25) is 5.02 Å². The number of para-hydroxylation sites is 1. The lowest BCUT2D eigenvalue weighted by Gasteiger charge is -2.15. The Balaban J connectivity index is 1.62. The Labute approximate surface area is 206 Å². The van der Waals surface area contributed by atoms with Crippen molar-refractivity contribution in [1.82, 2.24) is 5.43 Å². The Morgan fingerprint density at radius 1 is 1.09 bits per heavy atom. The zero-order chi connectivity index (χ0) is 22.8. The normalized spacial score (nSPS) is 10.7. The lowest BCUT2D eigenvalue weighted by atomic mass is 10.2. The van der Waals surface area contributed by atoms with E-state index in [1.54, 1.807) is 6.21 Å². The molecule has 2 N–H and O–H groups in total. The predicted molar refractivity (Wildman–Crippen MR) is 137 cm³/mol. The molecule has 0 saturated heterocycles. The van der Waals surface area contributed by atoms with E-state index in [0.717, 1.165) is 20.4 Å². The molecule has 0 spiro atoms. The lowest BCUT2D eigenvalue weighted by Crippen LogP contribution is -2.25. The molecule has 0 heterocycles. The fourth-order valence-corrected chi connectivity index (χ4v) is 3.76. The molecule has 0 aromatic heterocycles. The van der Waals surface area contributed by atoms with E-state index in [-0.39, 0.29) is 12.5 Å². The second kappa shape index (κ2) is 12.3. The van der Waals surface area contributed by atoms with Crippen LogP contribution in [0.5, 0.6) is 11.5 Å². The second-order valence-corrected chi connectivity index (χ2v) is 8.23. The first-order valence-electron chi connectivity index (χ1n) is 10.00. The van der Waals surface area contributed by atoms with Crippen LogP contribution in [0.3, 0.4) is 0 Å². The van der Waals surface area contributed by atoms with Gasteiger partial charge in [0.2, 0.25) is 0 Å². The van der Waals surface area contributed by atoms with Gasteiger partial charge in [0.1, 0.15) is 6.61 Å². The average molecular weight is 564 g/mol. The monoisotopic (exact) mass is 563 g/mol. The maximum absolute atomic E-state index is 12.0. The summed E-state index contributed by atoms with van der Waals surface area (Å²) in [7, 11) is 0. The topological polar surface area (TPSA) is 72.0 Å². The molecule has 0 unspecified atom stereocenters. The summed E-state index contributed by atoms with van der Waals surface area (Å²) in [5.41, 5.74) is 5.06. The van der Waals surface area contributed by atoms with Crippen LogP contribution in [0, 0.1) is 3.57 Å². The molecule has 0 bridgehead atoms. The molecule has 0 aliphatic carbocycles. The highest BCUT2D eigenvalue weighted by Gasteiger charge is 2.13. The largest absolute Gasteiger partial charge is 0.490 e. The molecular formula is C24H23ClIN3O3. The van der Waals surface area contributed by atoms with E-state index >= 15 is 0 Å². The van der Waals surface area contributed by atoms with Crippen molar-refractivity contribution in [2.75, 3.05) is 18.5 Å². The number of ether oxygens (including phenoxy) is 2. The molecule has 1 amide bonds. The molecule has 0 aliphatic heterocycles. The quantitative estimate of drug-likeness (QED) is 0.195. The zero-order valence-electron chi connectivity index (χ0n) is 17.5. The molecule has 0 aliphatic rings. The molecule has 32 heavy (non-hydrogen) atoms. The molecule has 3 rings (SSSR count). The van der Waals surface area contributed by atoms with Gasteiger partial charge in [-0.3, -0.25) is 4.79 Å². The van der Waals surface area contributed by atoms with Crippen molar-refractivity contribution < 1.29 is 14.3 Å². The van der Waals surface area contributed by atoms with Crippen LogP contribution in [0.15, 0.2) is 71.8 Å². The van der Waals surface area contributed by atoms with Gasteiger partial charge in [-0.1, -0.05) is 48.0 Å². The van der Waals surface area contributed by atoms with Crippen molar-refractivity contribution in [2.24, 2.45) is 5.10 Å². The minimum Gasteiger partial charge on any atom is -0.490 e. The van der Waals surface area contributed by atoms with Gasteiger partial charge in [-0.15, -0.1) is 0 Å². The van der Waals surface area contributed by atoms with Gasteiger partial charge in [0.25, 0.3) is 5.91 Å². The third-order valence-electron chi connectivity index (χ3n) is 4.29. The Hall–Kier alpha value is -2.78. The van der Waals surface area contributed by atoms with Crippen LogP contribution in [-0.4, -0.2) is 25.3 Å². The van der Waals surface area contributed by atoms with Crippen LogP contribution in [0.25, 0.3) is 0 Å². The minimum atomic E-state index is -0.246. The number of carbonyl (C=O) groups excluding carboxylic acids is 1. The Kier molecular flexibility index (Phi) is 9.18. The summed E-state index contributed by atoms with van der Waals surface area (Å²) in [6.45, 7) is 2.85. The first-order chi connectivity index (χ1) is 15.6. The van der Waals surface area contributed by atoms with E-state index in [2.05, 4.69) is 38.4 Å². The molecular weight excluding hydrogens is 541 g/mol.